The third-order valence-corrected chi connectivity index (χ3v) is 2.16. The van der Waals surface area contributed by atoms with Gasteiger partial charge in [0.1, 0.15) is 0 Å². The fraction of sp³-hybridized carbons (Fsp3) is 1.00. The van der Waals surface area contributed by atoms with Crippen LogP contribution in [0.15, 0.2) is 0 Å². The van der Waals surface area contributed by atoms with Crippen LogP contribution in [-0.2, 0) is 4.52 Å². The number of halogens is 1. The highest BCUT2D eigenvalue weighted by atomic mass is 79.9. The molecule has 0 amide bonds. The van der Waals surface area contributed by atoms with Gasteiger partial charge in [-0.1, -0.05) is 29.8 Å². The molecule has 0 aliphatic heterocycles. The second-order valence-corrected chi connectivity index (χ2v) is 4.33. The van der Waals surface area contributed by atoms with Gasteiger partial charge < -0.3 is 4.52 Å². The van der Waals surface area contributed by atoms with Crippen LogP contribution in [0.4, 0.5) is 0 Å². The zero-order valence-corrected chi connectivity index (χ0v) is 9.20. The van der Waals surface area contributed by atoms with E-state index in [4.69, 9.17) is 5.80 Å². The summed E-state index contributed by atoms with van der Waals surface area (Å²) in [5.41, 5.74) is 0.238. The maximum absolute atomic E-state index is 6.86. The predicted octanol–water partition coefficient (Wildman–Crippen LogP) is 2.99. The normalized spacial score (nSPS) is 14.5. The Balaban J connectivity index is 3.43. The number of alkyl halides is 1. The molecule has 1 atom stereocenters. The molecule has 0 aliphatic rings. The van der Waals surface area contributed by atoms with Crippen molar-refractivity contribution in [3.8, 4) is 0 Å². The molecule has 62 valence electrons. The van der Waals surface area contributed by atoms with Crippen molar-refractivity contribution in [3.05, 3.63) is 0 Å². The SMILES string of the molecule is [3H]POCC(C)(C)CCCBr. The van der Waals surface area contributed by atoms with Crippen molar-refractivity contribution >= 4 is 25.3 Å². The molecular formula is C7H16BrOP. The first-order valence-electron chi connectivity index (χ1n) is 3.97. The summed E-state index contributed by atoms with van der Waals surface area (Å²) in [6, 6.07) is 0. The highest BCUT2D eigenvalue weighted by Gasteiger charge is 2.16. The molecule has 0 rings (SSSR count). The Labute approximate surface area is 75.6 Å². The van der Waals surface area contributed by atoms with Crippen molar-refractivity contribution in [2.75, 3.05) is 11.9 Å². The molecule has 3 heteroatoms. The van der Waals surface area contributed by atoms with Gasteiger partial charge in [-0.15, -0.1) is 0 Å². The number of rotatable bonds is 6. The van der Waals surface area contributed by atoms with Crippen LogP contribution in [0.5, 0.6) is 0 Å². The summed E-state index contributed by atoms with van der Waals surface area (Å²) < 4.78 is 11.9. The van der Waals surface area contributed by atoms with E-state index in [-0.39, 0.29) is 14.8 Å². The molecule has 10 heavy (non-hydrogen) atoms. The van der Waals surface area contributed by atoms with E-state index in [9.17, 15) is 0 Å². The molecule has 0 saturated heterocycles. The summed E-state index contributed by atoms with van der Waals surface area (Å²) in [5.74, 6) is 0. The van der Waals surface area contributed by atoms with Crippen LogP contribution in [0.25, 0.3) is 0 Å². The first kappa shape index (κ1) is 8.96. The van der Waals surface area contributed by atoms with Gasteiger partial charge in [-0.2, -0.15) is 0 Å². The molecule has 0 bridgehead atoms. The van der Waals surface area contributed by atoms with Crippen LogP contribution < -0.4 is 0 Å². The summed E-state index contributed by atoms with van der Waals surface area (Å²) in [7, 11) is -0.125. The fourth-order valence-corrected chi connectivity index (χ4v) is 1.48. The Morgan fingerprint density at radius 3 is 2.90 bits per heavy atom. The predicted molar refractivity (Wildman–Crippen MR) is 52.5 cm³/mol. The molecule has 1 unspecified atom stereocenters. The topological polar surface area (TPSA) is 9.23 Å². The van der Waals surface area contributed by atoms with Crippen molar-refractivity contribution in [3.63, 3.8) is 0 Å². The van der Waals surface area contributed by atoms with E-state index in [1.165, 1.54) is 6.42 Å². The van der Waals surface area contributed by atoms with Crippen LogP contribution in [0.2, 0.25) is 0 Å². The lowest BCUT2D eigenvalue weighted by Gasteiger charge is -2.22. The van der Waals surface area contributed by atoms with Gasteiger partial charge in [0.05, 0.1) is 7.89 Å². The molecule has 0 spiro atoms. The summed E-state index contributed by atoms with van der Waals surface area (Å²) in [4.78, 5) is 0. The van der Waals surface area contributed by atoms with E-state index in [0.29, 0.717) is 6.61 Å². The average Bonchev–Trinajstić information content (AvgIpc) is 1.97. The lowest BCUT2D eigenvalue weighted by atomic mass is 9.89. The maximum atomic E-state index is 6.86. The minimum absolute atomic E-state index is 0.125. The zero-order valence-electron chi connectivity index (χ0n) is 7.61. The lowest BCUT2D eigenvalue weighted by molar-refractivity contribution is 0.191. The molecule has 0 saturated carbocycles. The molecule has 1 nitrogen and oxygen atoms in total. The zero-order chi connectivity index (χ0) is 8.74. The maximum Gasteiger partial charge on any atom is 0.0851 e. The molecule has 0 radical (unpaired) electrons. The highest BCUT2D eigenvalue weighted by Crippen LogP contribution is 2.23. The molecule has 0 aromatic rings. The van der Waals surface area contributed by atoms with Gasteiger partial charge in [0.2, 0.25) is 0 Å². The largest absolute Gasteiger partial charge is 0.365 e. The second-order valence-electron chi connectivity index (χ2n) is 3.25. The Bertz CT molecular complexity index is 90.4. The van der Waals surface area contributed by atoms with E-state index in [1.54, 1.807) is 0 Å². The summed E-state index contributed by atoms with van der Waals surface area (Å²) >= 11 is 3.39. The summed E-state index contributed by atoms with van der Waals surface area (Å²) in [6.45, 7) is 5.06. The van der Waals surface area contributed by atoms with Crippen LogP contribution in [-0.4, -0.2) is 13.2 Å². The monoisotopic (exact) mass is 228 g/mol. The molecule has 0 aromatic heterocycles. The van der Waals surface area contributed by atoms with Crippen molar-refractivity contribution < 1.29 is 4.52 Å². The minimum atomic E-state index is -0.125. The van der Waals surface area contributed by atoms with Gasteiger partial charge >= 0.3 is 0 Å². The number of hydrogen-bond donors (Lipinski definition) is 0. The van der Waals surface area contributed by atoms with Crippen molar-refractivity contribution in [1.82, 2.24) is 0 Å². The van der Waals surface area contributed by atoms with Gasteiger partial charge in [0.25, 0.3) is 0 Å². The summed E-state index contributed by atoms with van der Waals surface area (Å²) in [5, 5.41) is 1.06. The van der Waals surface area contributed by atoms with Gasteiger partial charge in [0, 0.05) is 14.7 Å². The first-order valence-corrected chi connectivity index (χ1v) is 5.00. The molecule has 0 aromatic carbocycles. The minimum Gasteiger partial charge on any atom is -0.365 e. The van der Waals surface area contributed by atoms with Crippen LogP contribution >= 0.6 is 25.3 Å². The van der Waals surface area contributed by atoms with Crippen molar-refractivity contribution in [1.29, 1.82) is 1.28 Å². The van der Waals surface area contributed by atoms with Gasteiger partial charge in [-0.25, -0.2) is 0 Å². The van der Waals surface area contributed by atoms with Crippen LogP contribution in [0.1, 0.15) is 26.7 Å². The molecular weight excluding hydrogens is 211 g/mol. The highest BCUT2D eigenvalue weighted by molar-refractivity contribution is 9.09. The Kier molecular flexibility index (Phi) is 4.94. The van der Waals surface area contributed by atoms with E-state index in [1.807, 2.05) is 0 Å². The van der Waals surface area contributed by atoms with E-state index < -0.39 is 0 Å². The third kappa shape index (κ3) is 5.64. The van der Waals surface area contributed by atoms with E-state index >= 15 is 0 Å². The first-order chi connectivity index (χ1) is 5.12. The Morgan fingerprint density at radius 1 is 1.70 bits per heavy atom. The molecule has 0 fully saturated rings. The van der Waals surface area contributed by atoms with Crippen LogP contribution in [0.3, 0.4) is 0 Å². The van der Waals surface area contributed by atoms with Crippen molar-refractivity contribution in [2.24, 2.45) is 5.41 Å². The average molecular weight is 229 g/mol. The second kappa shape index (κ2) is 5.51. The molecule has 0 heterocycles. The van der Waals surface area contributed by atoms with Gasteiger partial charge in [0.15, 0.2) is 0 Å². The molecule has 0 N–H and O–H groups in total. The summed E-state index contributed by atoms with van der Waals surface area (Å²) in [6.07, 6.45) is 2.33. The number of hydrogen-bond acceptors (Lipinski definition) is 1. The fourth-order valence-electron chi connectivity index (χ4n) is 0.813. The quantitative estimate of drug-likeness (QED) is 0.502. The lowest BCUT2D eigenvalue weighted by Crippen LogP contribution is -2.16. The van der Waals surface area contributed by atoms with E-state index in [0.717, 1.165) is 11.8 Å². The van der Waals surface area contributed by atoms with Gasteiger partial charge in [-0.3, -0.25) is 0 Å². The third-order valence-electron chi connectivity index (χ3n) is 1.45. The van der Waals surface area contributed by atoms with Crippen LogP contribution in [0, 0.1) is 5.41 Å². The molecule has 0 aliphatic carbocycles. The smallest absolute Gasteiger partial charge is 0.0851 e. The Morgan fingerprint density at radius 2 is 2.40 bits per heavy atom. The van der Waals surface area contributed by atoms with E-state index in [2.05, 4.69) is 29.8 Å². The Hall–Kier alpha value is 0.870. The standard InChI is InChI=1S/C7H16BrOP/c1-7(2,6-9-10)4-3-5-8/h3-6,10H2,1-2H3/i10T. The van der Waals surface area contributed by atoms with Crippen molar-refractivity contribution in [2.45, 2.75) is 26.7 Å². The van der Waals surface area contributed by atoms with Gasteiger partial charge in [-0.05, 0) is 18.3 Å².